The molecule has 1 aromatic rings. The lowest BCUT2D eigenvalue weighted by Crippen LogP contribution is -2.40. The van der Waals surface area contributed by atoms with Gasteiger partial charge < -0.3 is 0 Å². The van der Waals surface area contributed by atoms with Crippen molar-refractivity contribution in [3.8, 4) is 0 Å². The van der Waals surface area contributed by atoms with E-state index >= 15 is 0 Å². The first-order valence-corrected chi connectivity index (χ1v) is 7.72. The van der Waals surface area contributed by atoms with Crippen molar-refractivity contribution in [2.45, 2.75) is 51.0 Å². The Hall–Kier alpha value is -0.580. The summed E-state index contributed by atoms with van der Waals surface area (Å²) >= 11 is 6.11. The second-order valence-corrected chi connectivity index (χ2v) is 7.78. The van der Waals surface area contributed by atoms with E-state index in [9.17, 15) is 8.42 Å². The summed E-state index contributed by atoms with van der Waals surface area (Å²) in [5, 5.41) is 0.488. The van der Waals surface area contributed by atoms with Gasteiger partial charge >= 0.3 is 0 Å². The first-order valence-electron chi connectivity index (χ1n) is 5.86. The van der Waals surface area contributed by atoms with Crippen molar-refractivity contribution in [1.29, 1.82) is 0 Å². The number of hydrogen-bond acceptors (Lipinski definition) is 2. The summed E-state index contributed by atoms with van der Waals surface area (Å²) in [6, 6.07) is 4.87. The van der Waals surface area contributed by atoms with E-state index in [2.05, 4.69) is 4.72 Å². The number of hydrogen-bond donors (Lipinski definition) is 1. The van der Waals surface area contributed by atoms with Crippen LogP contribution in [0.5, 0.6) is 0 Å². The molecule has 0 aromatic heterocycles. The Labute approximate surface area is 115 Å². The third-order valence-corrected chi connectivity index (χ3v) is 4.43. The zero-order chi connectivity index (χ0) is 14.1. The van der Waals surface area contributed by atoms with E-state index in [4.69, 9.17) is 11.6 Å². The standard InChI is InChI=1S/C13H20ClNO2S/c1-9(2)11-7-6-10(8-12(11)14)18(16,17)15-13(3,4)5/h6-9,15H,1-5H3. The predicted molar refractivity (Wildman–Crippen MR) is 75.6 cm³/mol. The van der Waals surface area contributed by atoms with Crippen LogP contribution in [0.1, 0.15) is 46.1 Å². The maximum absolute atomic E-state index is 12.1. The molecule has 0 unspecified atom stereocenters. The monoisotopic (exact) mass is 289 g/mol. The third kappa shape index (κ3) is 3.97. The van der Waals surface area contributed by atoms with Crippen LogP contribution in [0, 0.1) is 0 Å². The average molecular weight is 290 g/mol. The van der Waals surface area contributed by atoms with Crippen molar-refractivity contribution in [1.82, 2.24) is 4.72 Å². The molecule has 0 aliphatic heterocycles. The van der Waals surface area contributed by atoms with Crippen LogP contribution < -0.4 is 4.72 Å². The molecular weight excluding hydrogens is 270 g/mol. The van der Waals surface area contributed by atoms with Gasteiger partial charge in [0.25, 0.3) is 0 Å². The van der Waals surface area contributed by atoms with Crippen LogP contribution in [0.3, 0.4) is 0 Å². The number of benzene rings is 1. The number of rotatable bonds is 3. The van der Waals surface area contributed by atoms with E-state index in [0.717, 1.165) is 5.56 Å². The van der Waals surface area contributed by atoms with Gasteiger partial charge in [-0.05, 0) is 44.4 Å². The van der Waals surface area contributed by atoms with Crippen molar-refractivity contribution in [3.05, 3.63) is 28.8 Å². The molecule has 0 aliphatic carbocycles. The molecule has 0 aliphatic rings. The first-order chi connectivity index (χ1) is 8.03. The van der Waals surface area contributed by atoms with Crippen LogP contribution in [-0.2, 0) is 10.0 Å². The largest absolute Gasteiger partial charge is 0.241 e. The maximum Gasteiger partial charge on any atom is 0.241 e. The van der Waals surface area contributed by atoms with Crippen LogP contribution in [-0.4, -0.2) is 14.0 Å². The molecule has 0 atom stereocenters. The van der Waals surface area contributed by atoms with E-state index < -0.39 is 15.6 Å². The smallest absolute Gasteiger partial charge is 0.207 e. The Morgan fingerprint density at radius 1 is 1.22 bits per heavy atom. The molecule has 0 saturated heterocycles. The molecule has 1 aromatic carbocycles. The molecule has 0 fully saturated rings. The summed E-state index contributed by atoms with van der Waals surface area (Å²) in [6.45, 7) is 9.43. The maximum atomic E-state index is 12.1. The summed E-state index contributed by atoms with van der Waals surface area (Å²) in [4.78, 5) is 0.201. The van der Waals surface area contributed by atoms with Crippen LogP contribution >= 0.6 is 11.6 Å². The van der Waals surface area contributed by atoms with Crippen molar-refractivity contribution >= 4 is 21.6 Å². The second-order valence-electron chi connectivity index (χ2n) is 5.69. The molecule has 0 amide bonds. The highest BCUT2D eigenvalue weighted by Gasteiger charge is 2.22. The average Bonchev–Trinajstić information content (AvgIpc) is 2.12. The second kappa shape index (κ2) is 5.19. The topological polar surface area (TPSA) is 46.2 Å². The molecule has 5 heteroatoms. The van der Waals surface area contributed by atoms with Crippen molar-refractivity contribution in [2.75, 3.05) is 0 Å². The predicted octanol–water partition coefficient (Wildman–Crippen LogP) is 3.54. The molecule has 0 saturated carbocycles. The van der Waals surface area contributed by atoms with Crippen molar-refractivity contribution in [2.24, 2.45) is 0 Å². The fraction of sp³-hybridized carbons (Fsp3) is 0.538. The molecule has 0 bridgehead atoms. The molecule has 1 rings (SSSR count). The fourth-order valence-corrected chi connectivity index (χ4v) is 3.51. The van der Waals surface area contributed by atoms with Gasteiger partial charge in [0.05, 0.1) is 4.90 Å². The van der Waals surface area contributed by atoms with Crippen LogP contribution in [0.4, 0.5) is 0 Å². The molecule has 102 valence electrons. The van der Waals surface area contributed by atoms with Gasteiger partial charge in [0.15, 0.2) is 0 Å². The minimum Gasteiger partial charge on any atom is -0.207 e. The lowest BCUT2D eigenvalue weighted by atomic mass is 10.0. The van der Waals surface area contributed by atoms with E-state index in [1.165, 1.54) is 6.07 Å². The number of nitrogens with one attached hydrogen (secondary N) is 1. The SMILES string of the molecule is CC(C)c1ccc(S(=O)(=O)NC(C)(C)C)cc1Cl. The van der Waals surface area contributed by atoms with Gasteiger partial charge in [-0.1, -0.05) is 31.5 Å². The normalized spacial score (nSPS) is 13.1. The Morgan fingerprint density at radius 2 is 1.78 bits per heavy atom. The van der Waals surface area contributed by atoms with Crippen LogP contribution in [0.25, 0.3) is 0 Å². The molecule has 0 spiro atoms. The van der Waals surface area contributed by atoms with Crippen LogP contribution in [0.15, 0.2) is 23.1 Å². The Bertz CT molecular complexity index is 530. The molecule has 3 nitrogen and oxygen atoms in total. The lowest BCUT2D eigenvalue weighted by molar-refractivity contribution is 0.491. The van der Waals surface area contributed by atoms with Gasteiger partial charge in [0.2, 0.25) is 10.0 Å². The molecule has 0 heterocycles. The summed E-state index contributed by atoms with van der Waals surface area (Å²) in [7, 11) is -3.52. The van der Waals surface area contributed by atoms with Crippen molar-refractivity contribution in [3.63, 3.8) is 0 Å². The molecule has 1 N–H and O–H groups in total. The summed E-state index contributed by atoms with van der Waals surface area (Å²) in [5.41, 5.74) is 0.438. The summed E-state index contributed by atoms with van der Waals surface area (Å²) in [5.74, 6) is 0.268. The summed E-state index contributed by atoms with van der Waals surface area (Å²) < 4.78 is 26.8. The van der Waals surface area contributed by atoms with Gasteiger partial charge in [-0.25, -0.2) is 13.1 Å². The van der Waals surface area contributed by atoms with Gasteiger partial charge in [-0.2, -0.15) is 0 Å². The van der Waals surface area contributed by atoms with Gasteiger partial charge in [0.1, 0.15) is 0 Å². The zero-order valence-electron chi connectivity index (χ0n) is 11.4. The minimum atomic E-state index is -3.52. The molecule has 0 radical (unpaired) electrons. The van der Waals surface area contributed by atoms with E-state index in [1.54, 1.807) is 32.9 Å². The highest BCUT2D eigenvalue weighted by atomic mass is 35.5. The fourth-order valence-electron chi connectivity index (χ4n) is 1.61. The van der Waals surface area contributed by atoms with Gasteiger partial charge in [-0.3, -0.25) is 0 Å². The lowest BCUT2D eigenvalue weighted by Gasteiger charge is -2.20. The third-order valence-electron chi connectivity index (χ3n) is 2.34. The minimum absolute atomic E-state index is 0.201. The molecule has 18 heavy (non-hydrogen) atoms. The van der Waals surface area contributed by atoms with Gasteiger partial charge in [-0.15, -0.1) is 0 Å². The summed E-state index contributed by atoms with van der Waals surface area (Å²) in [6.07, 6.45) is 0. The van der Waals surface area contributed by atoms with E-state index in [0.29, 0.717) is 5.02 Å². The molecular formula is C13H20ClNO2S. The van der Waals surface area contributed by atoms with Crippen molar-refractivity contribution < 1.29 is 8.42 Å². The van der Waals surface area contributed by atoms with E-state index in [-0.39, 0.29) is 10.8 Å². The Kier molecular flexibility index (Phi) is 4.47. The number of halogens is 1. The van der Waals surface area contributed by atoms with Gasteiger partial charge in [0, 0.05) is 10.6 Å². The number of sulfonamides is 1. The Balaban J connectivity index is 3.16. The highest BCUT2D eigenvalue weighted by molar-refractivity contribution is 7.89. The van der Waals surface area contributed by atoms with Crippen LogP contribution in [0.2, 0.25) is 5.02 Å². The van der Waals surface area contributed by atoms with E-state index in [1.807, 2.05) is 13.8 Å². The quantitative estimate of drug-likeness (QED) is 0.925. The highest BCUT2D eigenvalue weighted by Crippen LogP contribution is 2.27. The first kappa shape index (κ1) is 15.5. The Morgan fingerprint density at radius 3 is 2.17 bits per heavy atom. The zero-order valence-corrected chi connectivity index (χ0v) is 13.0.